The normalized spacial score (nSPS) is 12.3. The van der Waals surface area contributed by atoms with Crippen LogP contribution in [-0.4, -0.2) is 6.23 Å². The third-order valence-corrected chi connectivity index (χ3v) is 5.16. The van der Waals surface area contributed by atoms with Crippen LogP contribution in [0.25, 0.3) is 0 Å². The van der Waals surface area contributed by atoms with Crippen LogP contribution in [0.3, 0.4) is 0 Å². The molecule has 0 bridgehead atoms. The van der Waals surface area contributed by atoms with Gasteiger partial charge in [-0.05, 0) is 37.0 Å². The summed E-state index contributed by atoms with van der Waals surface area (Å²) >= 11 is 0. The Balaban J connectivity index is 1.95. The Morgan fingerprint density at radius 2 is 1.31 bits per heavy atom. The summed E-state index contributed by atoms with van der Waals surface area (Å²) in [7, 11) is 0. The van der Waals surface area contributed by atoms with Gasteiger partial charge in [0.05, 0.1) is 0 Å². The van der Waals surface area contributed by atoms with Gasteiger partial charge in [-0.15, -0.1) is 0 Å². The van der Waals surface area contributed by atoms with Crippen molar-refractivity contribution < 1.29 is 4.74 Å². The zero-order valence-electron chi connectivity index (χ0n) is 17.5. The van der Waals surface area contributed by atoms with Crippen molar-refractivity contribution in [2.24, 2.45) is 5.73 Å². The molecule has 0 aromatic heterocycles. The highest BCUT2D eigenvalue weighted by atomic mass is 16.5. The molecular weight excluding hydrogens is 318 g/mol. The molecule has 0 saturated heterocycles. The fourth-order valence-electron chi connectivity index (χ4n) is 3.38. The quantitative estimate of drug-likeness (QED) is 0.232. The molecule has 1 aromatic carbocycles. The molecular formula is C24H43NO. The van der Waals surface area contributed by atoms with Gasteiger partial charge in [0.15, 0.2) is 0 Å². The van der Waals surface area contributed by atoms with Crippen molar-refractivity contribution in [1.82, 2.24) is 0 Å². The van der Waals surface area contributed by atoms with Crippen molar-refractivity contribution in [2.45, 2.75) is 116 Å². The highest BCUT2D eigenvalue weighted by Crippen LogP contribution is 2.18. The lowest BCUT2D eigenvalue weighted by atomic mass is 10.0. The van der Waals surface area contributed by atoms with E-state index in [1.807, 2.05) is 13.0 Å². The van der Waals surface area contributed by atoms with Crippen LogP contribution in [0.4, 0.5) is 0 Å². The first-order valence-corrected chi connectivity index (χ1v) is 11.3. The molecule has 26 heavy (non-hydrogen) atoms. The number of rotatable bonds is 17. The lowest BCUT2D eigenvalue weighted by molar-refractivity contribution is 0.205. The summed E-state index contributed by atoms with van der Waals surface area (Å²) in [6.07, 6.45) is 20.1. The third kappa shape index (κ3) is 12.4. The summed E-state index contributed by atoms with van der Waals surface area (Å²) < 4.78 is 5.70. The fourth-order valence-corrected chi connectivity index (χ4v) is 3.38. The van der Waals surface area contributed by atoms with Crippen molar-refractivity contribution in [3.05, 3.63) is 29.8 Å². The van der Waals surface area contributed by atoms with Gasteiger partial charge in [-0.2, -0.15) is 0 Å². The van der Waals surface area contributed by atoms with E-state index in [1.54, 1.807) is 0 Å². The summed E-state index contributed by atoms with van der Waals surface area (Å²) in [6, 6.07) is 8.43. The lowest BCUT2D eigenvalue weighted by Crippen LogP contribution is -2.25. The maximum Gasteiger partial charge on any atom is 0.147 e. The lowest BCUT2D eigenvalue weighted by Gasteiger charge is -2.13. The van der Waals surface area contributed by atoms with Gasteiger partial charge in [0.25, 0.3) is 0 Å². The number of ether oxygens (including phenoxy) is 1. The Hall–Kier alpha value is -1.02. The molecule has 0 spiro atoms. The van der Waals surface area contributed by atoms with Crippen molar-refractivity contribution in [3.63, 3.8) is 0 Å². The fraction of sp³-hybridized carbons (Fsp3) is 0.750. The summed E-state index contributed by atoms with van der Waals surface area (Å²) in [5.74, 6) is 0.909. The highest BCUT2D eigenvalue weighted by Gasteiger charge is 2.02. The summed E-state index contributed by atoms with van der Waals surface area (Å²) in [5, 5.41) is 0. The van der Waals surface area contributed by atoms with E-state index in [4.69, 9.17) is 10.5 Å². The minimum absolute atomic E-state index is 0.193. The van der Waals surface area contributed by atoms with Gasteiger partial charge in [0.1, 0.15) is 12.0 Å². The SMILES string of the molecule is CCCCCCCCCCCCCCCc1cccc(OC(N)CC)c1. The molecule has 2 nitrogen and oxygen atoms in total. The maximum absolute atomic E-state index is 5.86. The molecule has 150 valence electrons. The van der Waals surface area contributed by atoms with E-state index in [-0.39, 0.29) is 6.23 Å². The largest absolute Gasteiger partial charge is 0.476 e. The average molecular weight is 362 g/mol. The first-order chi connectivity index (χ1) is 12.8. The van der Waals surface area contributed by atoms with Crippen molar-refractivity contribution in [3.8, 4) is 5.75 Å². The molecule has 0 aliphatic rings. The number of hydrogen-bond donors (Lipinski definition) is 1. The number of hydrogen-bond acceptors (Lipinski definition) is 2. The van der Waals surface area contributed by atoms with Gasteiger partial charge >= 0.3 is 0 Å². The van der Waals surface area contributed by atoms with Crippen LogP contribution in [0.15, 0.2) is 24.3 Å². The van der Waals surface area contributed by atoms with Crippen LogP contribution < -0.4 is 10.5 Å². The van der Waals surface area contributed by atoms with Gasteiger partial charge in [0, 0.05) is 0 Å². The Kier molecular flexibility index (Phi) is 14.3. The molecule has 0 fully saturated rings. The van der Waals surface area contributed by atoms with Gasteiger partial charge in [-0.1, -0.05) is 103 Å². The first kappa shape index (κ1) is 23.0. The van der Waals surface area contributed by atoms with E-state index in [0.717, 1.165) is 18.6 Å². The summed E-state index contributed by atoms with van der Waals surface area (Å²) in [5.41, 5.74) is 7.23. The van der Waals surface area contributed by atoms with Gasteiger partial charge < -0.3 is 4.74 Å². The van der Waals surface area contributed by atoms with Gasteiger partial charge in [-0.3, -0.25) is 5.73 Å². The van der Waals surface area contributed by atoms with Crippen LogP contribution in [-0.2, 0) is 6.42 Å². The maximum atomic E-state index is 5.86. The van der Waals surface area contributed by atoms with Crippen molar-refractivity contribution in [2.75, 3.05) is 0 Å². The summed E-state index contributed by atoms with van der Waals surface area (Å²) in [4.78, 5) is 0. The zero-order chi connectivity index (χ0) is 18.9. The smallest absolute Gasteiger partial charge is 0.147 e. The third-order valence-electron chi connectivity index (χ3n) is 5.16. The molecule has 1 aromatic rings. The number of aryl methyl sites for hydroxylation is 1. The second-order valence-electron chi connectivity index (χ2n) is 7.70. The van der Waals surface area contributed by atoms with E-state index in [1.165, 1.54) is 89.0 Å². The van der Waals surface area contributed by atoms with E-state index in [0.29, 0.717) is 0 Å². The van der Waals surface area contributed by atoms with E-state index in [2.05, 4.69) is 25.1 Å². The number of nitrogens with two attached hydrogens (primary N) is 1. The predicted molar refractivity (Wildman–Crippen MR) is 115 cm³/mol. The average Bonchev–Trinajstić information content (AvgIpc) is 2.65. The summed E-state index contributed by atoms with van der Waals surface area (Å²) in [6.45, 7) is 4.33. The van der Waals surface area contributed by atoms with Gasteiger partial charge in [0.2, 0.25) is 0 Å². The monoisotopic (exact) mass is 361 g/mol. The minimum atomic E-state index is -0.193. The van der Waals surface area contributed by atoms with Crippen LogP contribution in [0, 0.1) is 0 Å². The number of unbranched alkanes of at least 4 members (excludes halogenated alkanes) is 12. The topological polar surface area (TPSA) is 35.2 Å². The van der Waals surface area contributed by atoms with Crippen molar-refractivity contribution in [1.29, 1.82) is 0 Å². The molecule has 0 aliphatic carbocycles. The molecule has 0 aliphatic heterocycles. The standard InChI is InChI=1S/C24H43NO/c1-3-5-6-7-8-9-10-11-12-13-14-15-16-18-22-19-17-20-23(21-22)26-24(25)4-2/h17,19-21,24H,3-16,18,25H2,1-2H3. The molecule has 1 unspecified atom stereocenters. The Labute approximate surface area is 162 Å². The van der Waals surface area contributed by atoms with E-state index >= 15 is 0 Å². The Morgan fingerprint density at radius 3 is 1.85 bits per heavy atom. The Morgan fingerprint density at radius 1 is 0.769 bits per heavy atom. The highest BCUT2D eigenvalue weighted by molar-refractivity contribution is 5.28. The molecule has 0 radical (unpaired) electrons. The Bertz CT molecular complexity index is 432. The second kappa shape index (κ2) is 16.2. The molecule has 1 atom stereocenters. The zero-order valence-corrected chi connectivity index (χ0v) is 17.5. The van der Waals surface area contributed by atoms with Crippen LogP contribution in [0.5, 0.6) is 5.75 Å². The molecule has 0 heterocycles. The minimum Gasteiger partial charge on any atom is -0.476 e. The molecule has 0 amide bonds. The second-order valence-corrected chi connectivity index (χ2v) is 7.70. The van der Waals surface area contributed by atoms with Crippen molar-refractivity contribution >= 4 is 0 Å². The van der Waals surface area contributed by atoms with E-state index in [9.17, 15) is 0 Å². The molecule has 2 heteroatoms. The number of benzene rings is 1. The first-order valence-electron chi connectivity index (χ1n) is 11.3. The van der Waals surface area contributed by atoms with Gasteiger partial charge in [-0.25, -0.2) is 0 Å². The van der Waals surface area contributed by atoms with Crippen LogP contribution >= 0.6 is 0 Å². The van der Waals surface area contributed by atoms with Crippen LogP contribution in [0.2, 0.25) is 0 Å². The molecule has 1 rings (SSSR count). The predicted octanol–water partition coefficient (Wildman–Crippen LogP) is 7.39. The molecule has 2 N–H and O–H groups in total. The molecule has 0 saturated carbocycles. The van der Waals surface area contributed by atoms with Crippen LogP contribution in [0.1, 0.15) is 109 Å². The van der Waals surface area contributed by atoms with E-state index < -0.39 is 0 Å².